The van der Waals surface area contributed by atoms with Crippen LogP contribution in [0.25, 0.3) is 0 Å². The van der Waals surface area contributed by atoms with E-state index in [-0.39, 0.29) is 17.9 Å². The van der Waals surface area contributed by atoms with Gasteiger partial charge in [0.1, 0.15) is 5.75 Å². The van der Waals surface area contributed by atoms with Crippen molar-refractivity contribution in [3.05, 3.63) is 65.7 Å². The normalized spacial score (nSPS) is 26.2. The molecule has 0 bridgehead atoms. The highest BCUT2D eigenvalue weighted by atomic mass is 16.5. The fourth-order valence-corrected chi connectivity index (χ4v) is 4.29. The first-order chi connectivity index (χ1) is 12.3. The Morgan fingerprint density at radius 3 is 2.28 bits per heavy atom. The van der Waals surface area contributed by atoms with Crippen LogP contribution in [0.2, 0.25) is 0 Å². The summed E-state index contributed by atoms with van der Waals surface area (Å²) < 4.78 is 5.21. The smallest absolute Gasteiger partial charge is 0.181 e. The molecule has 1 aliphatic heterocycles. The van der Waals surface area contributed by atoms with Crippen molar-refractivity contribution in [3.8, 4) is 5.75 Å². The van der Waals surface area contributed by atoms with Crippen LogP contribution in [0.5, 0.6) is 5.75 Å². The van der Waals surface area contributed by atoms with Gasteiger partial charge in [-0.3, -0.25) is 9.69 Å². The van der Waals surface area contributed by atoms with Crippen molar-refractivity contribution in [1.29, 1.82) is 0 Å². The molecule has 3 heteroatoms. The van der Waals surface area contributed by atoms with Gasteiger partial charge in [0, 0.05) is 11.6 Å². The SMILES string of the molecule is COc1ccc(C(=O)[C@H]2[C@H](c3ccccc3)N2C2CCCCC2)cc1. The van der Waals surface area contributed by atoms with Crippen LogP contribution in [-0.2, 0) is 0 Å². The first kappa shape index (κ1) is 16.3. The number of methoxy groups -OCH3 is 1. The maximum atomic E-state index is 13.2. The summed E-state index contributed by atoms with van der Waals surface area (Å²) in [6, 6.07) is 18.8. The number of carbonyl (C=O) groups excluding carboxylic acids is 1. The predicted octanol–water partition coefficient (Wildman–Crippen LogP) is 4.64. The van der Waals surface area contributed by atoms with Gasteiger partial charge in [-0.1, -0.05) is 49.6 Å². The first-order valence-electron chi connectivity index (χ1n) is 9.30. The summed E-state index contributed by atoms with van der Waals surface area (Å²) in [4.78, 5) is 15.6. The quantitative estimate of drug-likeness (QED) is 0.589. The minimum absolute atomic E-state index is 0.0149. The van der Waals surface area contributed by atoms with Crippen LogP contribution in [0.4, 0.5) is 0 Å². The summed E-state index contributed by atoms with van der Waals surface area (Å²) in [6.45, 7) is 0. The molecular weight excluding hydrogens is 310 g/mol. The number of nitrogens with zero attached hydrogens (tertiary/aromatic N) is 1. The van der Waals surface area contributed by atoms with Gasteiger partial charge in [0.2, 0.25) is 0 Å². The molecule has 0 radical (unpaired) electrons. The molecule has 0 amide bonds. The molecule has 0 spiro atoms. The lowest BCUT2D eigenvalue weighted by atomic mass is 9.95. The molecule has 3 atom stereocenters. The van der Waals surface area contributed by atoms with Crippen LogP contribution in [0.15, 0.2) is 54.6 Å². The van der Waals surface area contributed by atoms with E-state index in [1.54, 1.807) is 7.11 Å². The molecule has 1 aliphatic carbocycles. The van der Waals surface area contributed by atoms with Gasteiger partial charge in [-0.25, -0.2) is 0 Å². The fraction of sp³-hybridized carbons (Fsp3) is 0.409. The van der Waals surface area contributed by atoms with E-state index >= 15 is 0 Å². The van der Waals surface area contributed by atoms with E-state index in [1.165, 1.54) is 37.7 Å². The van der Waals surface area contributed by atoms with Crippen LogP contribution < -0.4 is 4.74 Å². The highest BCUT2D eigenvalue weighted by Gasteiger charge is 2.55. The molecule has 0 aromatic heterocycles. The molecule has 4 rings (SSSR count). The fourth-order valence-electron chi connectivity index (χ4n) is 4.29. The Labute approximate surface area is 149 Å². The number of hydrogen-bond donors (Lipinski definition) is 0. The summed E-state index contributed by atoms with van der Waals surface area (Å²) in [6.07, 6.45) is 6.33. The second-order valence-electron chi connectivity index (χ2n) is 7.13. The van der Waals surface area contributed by atoms with Crippen LogP contribution in [0.1, 0.15) is 54.1 Å². The average molecular weight is 335 g/mol. The maximum Gasteiger partial charge on any atom is 0.181 e. The van der Waals surface area contributed by atoms with Crippen molar-refractivity contribution in [2.24, 2.45) is 0 Å². The predicted molar refractivity (Wildman–Crippen MR) is 99.0 cm³/mol. The van der Waals surface area contributed by atoms with Gasteiger partial charge in [0.25, 0.3) is 0 Å². The number of ketones is 1. The Hall–Kier alpha value is -2.13. The first-order valence-corrected chi connectivity index (χ1v) is 9.30. The monoisotopic (exact) mass is 335 g/mol. The zero-order valence-corrected chi connectivity index (χ0v) is 14.7. The molecule has 3 nitrogen and oxygen atoms in total. The Balaban J connectivity index is 1.59. The highest BCUT2D eigenvalue weighted by Crippen LogP contribution is 2.49. The van der Waals surface area contributed by atoms with E-state index in [0.29, 0.717) is 6.04 Å². The molecule has 130 valence electrons. The summed E-state index contributed by atoms with van der Waals surface area (Å²) in [7, 11) is 1.65. The molecule has 2 aromatic rings. The third-order valence-electron chi connectivity index (χ3n) is 5.63. The number of Topliss-reactive ketones (excluding diaryl/α,β-unsaturated/α-hetero) is 1. The Kier molecular flexibility index (Phi) is 4.58. The third kappa shape index (κ3) is 3.21. The van der Waals surface area contributed by atoms with E-state index < -0.39 is 0 Å². The van der Waals surface area contributed by atoms with Gasteiger partial charge in [-0.05, 0) is 42.7 Å². The van der Waals surface area contributed by atoms with E-state index in [4.69, 9.17) is 4.74 Å². The van der Waals surface area contributed by atoms with E-state index in [1.807, 2.05) is 30.3 Å². The van der Waals surface area contributed by atoms with Crippen molar-refractivity contribution in [2.75, 3.05) is 7.11 Å². The summed E-state index contributed by atoms with van der Waals surface area (Å²) in [5.74, 6) is 1.03. The molecular formula is C22H25NO2. The van der Waals surface area contributed by atoms with E-state index in [0.717, 1.165) is 11.3 Å². The zero-order chi connectivity index (χ0) is 17.2. The molecule has 1 saturated carbocycles. The lowest BCUT2D eigenvalue weighted by Gasteiger charge is -2.24. The van der Waals surface area contributed by atoms with Crippen LogP contribution in [0.3, 0.4) is 0 Å². The number of ether oxygens (including phenoxy) is 1. The minimum Gasteiger partial charge on any atom is -0.497 e. The molecule has 2 fully saturated rings. The van der Waals surface area contributed by atoms with Crippen molar-refractivity contribution in [3.63, 3.8) is 0 Å². The molecule has 0 N–H and O–H groups in total. The highest BCUT2D eigenvalue weighted by molar-refractivity contribution is 6.02. The minimum atomic E-state index is -0.0149. The molecule has 2 aromatic carbocycles. The molecule has 1 unspecified atom stereocenters. The van der Waals surface area contributed by atoms with Crippen LogP contribution >= 0.6 is 0 Å². The molecule has 1 heterocycles. The summed E-state index contributed by atoms with van der Waals surface area (Å²) >= 11 is 0. The van der Waals surface area contributed by atoms with Gasteiger partial charge < -0.3 is 4.74 Å². The van der Waals surface area contributed by atoms with Crippen LogP contribution in [0, 0.1) is 0 Å². The Bertz CT molecular complexity index is 719. The summed E-state index contributed by atoms with van der Waals surface area (Å²) in [5, 5.41) is 0. The van der Waals surface area contributed by atoms with Crippen molar-refractivity contribution < 1.29 is 9.53 Å². The zero-order valence-electron chi connectivity index (χ0n) is 14.7. The third-order valence-corrected chi connectivity index (χ3v) is 5.63. The number of rotatable bonds is 5. The van der Waals surface area contributed by atoms with Crippen molar-refractivity contribution >= 4 is 5.78 Å². The number of benzene rings is 2. The van der Waals surface area contributed by atoms with Crippen molar-refractivity contribution in [2.45, 2.75) is 50.2 Å². The van der Waals surface area contributed by atoms with Gasteiger partial charge in [-0.15, -0.1) is 0 Å². The number of hydrogen-bond acceptors (Lipinski definition) is 3. The second kappa shape index (κ2) is 7.01. The summed E-state index contributed by atoms with van der Waals surface area (Å²) in [5.41, 5.74) is 2.05. The molecule has 1 saturated heterocycles. The van der Waals surface area contributed by atoms with Crippen LogP contribution in [-0.4, -0.2) is 29.9 Å². The maximum absolute atomic E-state index is 13.2. The molecule has 2 aliphatic rings. The molecule has 25 heavy (non-hydrogen) atoms. The number of carbonyl (C=O) groups is 1. The topological polar surface area (TPSA) is 29.3 Å². The lowest BCUT2D eigenvalue weighted by Crippen LogP contribution is -2.26. The van der Waals surface area contributed by atoms with E-state index in [9.17, 15) is 4.79 Å². The van der Waals surface area contributed by atoms with Gasteiger partial charge in [0.15, 0.2) is 5.78 Å². The standard InChI is InChI=1S/C22H25NO2/c1-25-19-14-12-17(13-15-19)22(24)21-20(16-8-4-2-5-9-16)23(21)18-10-6-3-7-11-18/h2,4-5,8-9,12-15,18,20-21H,3,6-7,10-11H2,1H3/t20-,21+,23?/m0/s1. The largest absolute Gasteiger partial charge is 0.497 e. The van der Waals surface area contributed by atoms with Crippen molar-refractivity contribution in [1.82, 2.24) is 4.90 Å². The Morgan fingerprint density at radius 1 is 0.960 bits per heavy atom. The van der Waals surface area contributed by atoms with Gasteiger partial charge in [0.05, 0.1) is 19.2 Å². The van der Waals surface area contributed by atoms with E-state index in [2.05, 4.69) is 29.2 Å². The Morgan fingerprint density at radius 2 is 1.64 bits per heavy atom. The van der Waals surface area contributed by atoms with Gasteiger partial charge >= 0.3 is 0 Å². The second-order valence-corrected chi connectivity index (χ2v) is 7.13. The average Bonchev–Trinajstić information content (AvgIpc) is 3.44. The lowest BCUT2D eigenvalue weighted by molar-refractivity contribution is 0.0963. The van der Waals surface area contributed by atoms with Gasteiger partial charge in [-0.2, -0.15) is 0 Å².